The van der Waals surface area contributed by atoms with E-state index in [1.807, 2.05) is 0 Å². The zero-order valence-corrected chi connectivity index (χ0v) is 10.2. The summed E-state index contributed by atoms with van der Waals surface area (Å²) in [6.45, 7) is 1.82. The molecule has 2 aliphatic heterocycles. The second-order valence-corrected chi connectivity index (χ2v) is 5.11. The summed E-state index contributed by atoms with van der Waals surface area (Å²) in [4.78, 5) is 15.2. The third-order valence-electron chi connectivity index (χ3n) is 4.05. The molecule has 6 heteroatoms. The SMILES string of the molecule is CN1CC2CC1CN2c1cccc(N)c1[N+](=O)[O-]. The summed E-state index contributed by atoms with van der Waals surface area (Å²) in [5, 5.41) is 11.2. The number of benzene rings is 1. The van der Waals surface area contributed by atoms with Crippen LogP contribution in [-0.4, -0.2) is 42.0 Å². The van der Waals surface area contributed by atoms with E-state index in [-0.39, 0.29) is 16.3 Å². The summed E-state index contributed by atoms with van der Waals surface area (Å²) in [5.74, 6) is 0. The van der Waals surface area contributed by atoms with Gasteiger partial charge in [-0.1, -0.05) is 6.07 Å². The first-order valence-corrected chi connectivity index (χ1v) is 6.07. The number of para-hydroxylation sites is 1. The van der Waals surface area contributed by atoms with Crippen molar-refractivity contribution in [2.75, 3.05) is 30.8 Å². The van der Waals surface area contributed by atoms with Gasteiger partial charge in [-0.2, -0.15) is 0 Å². The fraction of sp³-hybridized carbons (Fsp3) is 0.500. The van der Waals surface area contributed by atoms with E-state index in [2.05, 4.69) is 16.8 Å². The number of fused-ring (bicyclic) bond motifs is 2. The molecule has 2 aliphatic rings. The lowest BCUT2D eigenvalue weighted by Gasteiger charge is -2.33. The number of nitrogens with zero attached hydrogens (tertiary/aromatic N) is 3. The minimum Gasteiger partial charge on any atom is -0.393 e. The second-order valence-electron chi connectivity index (χ2n) is 5.11. The molecular formula is C12H16N4O2. The predicted octanol–water partition coefficient (Wildman–Crippen LogP) is 1.07. The topological polar surface area (TPSA) is 75.6 Å². The Hall–Kier alpha value is -1.82. The predicted molar refractivity (Wildman–Crippen MR) is 69.7 cm³/mol. The Morgan fingerprint density at radius 1 is 1.39 bits per heavy atom. The molecule has 6 nitrogen and oxygen atoms in total. The van der Waals surface area contributed by atoms with Crippen LogP contribution in [0.1, 0.15) is 6.42 Å². The van der Waals surface area contributed by atoms with Gasteiger partial charge in [0.1, 0.15) is 11.4 Å². The molecule has 3 rings (SSSR count). The largest absolute Gasteiger partial charge is 0.393 e. The molecular weight excluding hydrogens is 232 g/mol. The average molecular weight is 248 g/mol. The molecule has 2 unspecified atom stereocenters. The molecule has 0 radical (unpaired) electrons. The van der Waals surface area contributed by atoms with Gasteiger partial charge in [-0.3, -0.25) is 15.0 Å². The number of anilines is 2. The van der Waals surface area contributed by atoms with Gasteiger partial charge in [-0.15, -0.1) is 0 Å². The first-order chi connectivity index (χ1) is 8.58. The number of nitro groups is 1. The summed E-state index contributed by atoms with van der Waals surface area (Å²) in [6.07, 6.45) is 1.09. The smallest absolute Gasteiger partial charge is 0.315 e. The van der Waals surface area contributed by atoms with Crippen LogP contribution >= 0.6 is 0 Å². The van der Waals surface area contributed by atoms with Gasteiger partial charge in [-0.25, -0.2) is 0 Å². The summed E-state index contributed by atoms with van der Waals surface area (Å²) in [5.41, 5.74) is 6.70. The molecule has 2 bridgehead atoms. The molecule has 2 saturated heterocycles. The van der Waals surface area contributed by atoms with Crippen LogP contribution < -0.4 is 10.6 Å². The number of nitrogens with two attached hydrogens (primary N) is 1. The van der Waals surface area contributed by atoms with Crippen molar-refractivity contribution in [2.24, 2.45) is 0 Å². The van der Waals surface area contributed by atoms with Gasteiger partial charge in [-0.05, 0) is 25.6 Å². The Morgan fingerprint density at radius 2 is 2.17 bits per heavy atom. The van der Waals surface area contributed by atoms with E-state index in [1.54, 1.807) is 18.2 Å². The van der Waals surface area contributed by atoms with Crippen LogP contribution in [0, 0.1) is 10.1 Å². The van der Waals surface area contributed by atoms with Gasteiger partial charge < -0.3 is 10.6 Å². The van der Waals surface area contributed by atoms with E-state index in [0.29, 0.717) is 17.8 Å². The lowest BCUT2D eigenvalue weighted by molar-refractivity contribution is -0.383. The molecule has 0 saturated carbocycles. The summed E-state index contributed by atoms with van der Waals surface area (Å²) in [6, 6.07) is 6.06. The quantitative estimate of drug-likeness (QED) is 0.481. The van der Waals surface area contributed by atoms with Gasteiger partial charge in [0.25, 0.3) is 0 Å². The first-order valence-electron chi connectivity index (χ1n) is 6.07. The van der Waals surface area contributed by atoms with Crippen molar-refractivity contribution >= 4 is 17.1 Å². The van der Waals surface area contributed by atoms with Gasteiger partial charge in [0.2, 0.25) is 0 Å². The first kappa shape index (κ1) is 11.3. The number of nitrogen functional groups attached to an aromatic ring is 1. The minimum atomic E-state index is -0.375. The van der Waals surface area contributed by atoms with Gasteiger partial charge in [0, 0.05) is 25.2 Å². The van der Waals surface area contributed by atoms with Crippen LogP contribution in [0.2, 0.25) is 0 Å². The Balaban J connectivity index is 1.99. The summed E-state index contributed by atoms with van der Waals surface area (Å²) >= 11 is 0. The van der Waals surface area contributed by atoms with Crippen molar-refractivity contribution in [1.29, 1.82) is 0 Å². The number of likely N-dealkylation sites (N-methyl/N-ethyl adjacent to an activating group) is 1. The maximum Gasteiger partial charge on any atom is 0.315 e. The molecule has 1 aromatic carbocycles. The molecule has 2 fully saturated rings. The highest BCUT2D eigenvalue weighted by Crippen LogP contribution is 2.40. The number of nitro benzene ring substituents is 1. The Labute approximate surface area is 105 Å². The van der Waals surface area contributed by atoms with Crippen molar-refractivity contribution < 1.29 is 4.92 Å². The highest BCUT2D eigenvalue weighted by Gasteiger charge is 2.43. The molecule has 0 aromatic heterocycles. The van der Waals surface area contributed by atoms with Crippen LogP contribution in [0.25, 0.3) is 0 Å². The van der Waals surface area contributed by atoms with Crippen molar-refractivity contribution in [3.8, 4) is 0 Å². The maximum atomic E-state index is 11.2. The number of likely N-dealkylation sites (tertiary alicyclic amines) is 1. The molecule has 1 aromatic rings. The average Bonchev–Trinajstić information content (AvgIpc) is 2.86. The fourth-order valence-corrected chi connectivity index (χ4v) is 3.14. The lowest BCUT2D eigenvalue weighted by Crippen LogP contribution is -2.44. The molecule has 96 valence electrons. The van der Waals surface area contributed by atoms with Crippen LogP contribution in [-0.2, 0) is 0 Å². The zero-order chi connectivity index (χ0) is 12.9. The van der Waals surface area contributed by atoms with Crippen molar-refractivity contribution in [3.05, 3.63) is 28.3 Å². The number of hydrogen-bond donors (Lipinski definition) is 1. The van der Waals surface area contributed by atoms with Crippen molar-refractivity contribution in [3.63, 3.8) is 0 Å². The Kier molecular flexibility index (Phi) is 2.41. The van der Waals surface area contributed by atoms with E-state index < -0.39 is 0 Å². The maximum absolute atomic E-state index is 11.2. The van der Waals surface area contributed by atoms with E-state index in [0.717, 1.165) is 19.5 Å². The highest BCUT2D eigenvalue weighted by atomic mass is 16.6. The van der Waals surface area contributed by atoms with Crippen LogP contribution in [0.4, 0.5) is 17.1 Å². The molecule has 0 amide bonds. The van der Waals surface area contributed by atoms with E-state index >= 15 is 0 Å². The highest BCUT2D eigenvalue weighted by molar-refractivity contribution is 5.76. The zero-order valence-electron chi connectivity index (χ0n) is 10.2. The second kappa shape index (κ2) is 3.84. The van der Waals surface area contributed by atoms with Gasteiger partial charge in [0.05, 0.1) is 4.92 Å². The summed E-state index contributed by atoms with van der Waals surface area (Å²) < 4.78 is 0. The fourth-order valence-electron chi connectivity index (χ4n) is 3.14. The van der Waals surface area contributed by atoms with Crippen LogP contribution in [0.15, 0.2) is 18.2 Å². The molecule has 2 heterocycles. The molecule has 0 aliphatic carbocycles. The van der Waals surface area contributed by atoms with E-state index in [9.17, 15) is 10.1 Å². The van der Waals surface area contributed by atoms with Crippen molar-refractivity contribution in [1.82, 2.24) is 4.90 Å². The lowest BCUT2D eigenvalue weighted by atomic mass is 10.2. The Morgan fingerprint density at radius 3 is 2.72 bits per heavy atom. The third kappa shape index (κ3) is 1.53. The monoisotopic (exact) mass is 248 g/mol. The molecule has 0 spiro atoms. The standard InChI is InChI=1S/C12H16N4O2/c1-14-6-9-5-8(14)7-15(9)11-4-2-3-10(13)12(11)16(17)18/h2-4,8-9H,5-7,13H2,1H3. The van der Waals surface area contributed by atoms with Gasteiger partial charge >= 0.3 is 5.69 Å². The third-order valence-corrected chi connectivity index (χ3v) is 4.05. The summed E-state index contributed by atoms with van der Waals surface area (Å²) in [7, 11) is 2.11. The minimum absolute atomic E-state index is 0.0488. The molecule has 2 atom stereocenters. The molecule has 2 N–H and O–H groups in total. The van der Waals surface area contributed by atoms with Crippen LogP contribution in [0.3, 0.4) is 0 Å². The van der Waals surface area contributed by atoms with E-state index in [4.69, 9.17) is 5.73 Å². The van der Waals surface area contributed by atoms with E-state index in [1.165, 1.54) is 0 Å². The molecule has 18 heavy (non-hydrogen) atoms. The number of rotatable bonds is 2. The van der Waals surface area contributed by atoms with Crippen molar-refractivity contribution in [2.45, 2.75) is 18.5 Å². The number of piperazine rings is 1. The normalized spacial score (nSPS) is 26.8. The van der Waals surface area contributed by atoms with Gasteiger partial charge in [0.15, 0.2) is 0 Å². The van der Waals surface area contributed by atoms with Crippen LogP contribution in [0.5, 0.6) is 0 Å². The number of hydrogen-bond acceptors (Lipinski definition) is 5. The Bertz CT molecular complexity index is 503.